The van der Waals surface area contributed by atoms with E-state index < -0.39 is 36.6 Å². The van der Waals surface area contributed by atoms with Crippen LogP contribution in [0.4, 0.5) is 31.1 Å². The van der Waals surface area contributed by atoms with Crippen LogP contribution < -0.4 is 15.4 Å². The first-order valence-electron chi connectivity index (χ1n) is 6.38. The van der Waals surface area contributed by atoms with Crippen molar-refractivity contribution in [3.63, 3.8) is 0 Å². The molecule has 0 saturated carbocycles. The van der Waals surface area contributed by atoms with Crippen molar-refractivity contribution in [2.75, 3.05) is 6.61 Å². The van der Waals surface area contributed by atoms with Crippen molar-refractivity contribution in [3.8, 4) is 5.88 Å². The van der Waals surface area contributed by atoms with Gasteiger partial charge in [-0.2, -0.15) is 26.3 Å². The summed E-state index contributed by atoms with van der Waals surface area (Å²) in [6.45, 7) is -1.77. The third kappa shape index (κ3) is 5.59. The Morgan fingerprint density at radius 3 is 2.50 bits per heavy atom. The van der Waals surface area contributed by atoms with E-state index in [-0.39, 0.29) is 18.1 Å². The van der Waals surface area contributed by atoms with E-state index in [1.165, 1.54) is 0 Å². The largest absolute Gasteiger partial charge is 0.468 e. The lowest BCUT2D eigenvalue weighted by atomic mass is 10.4. The molecule has 0 bridgehead atoms. The van der Waals surface area contributed by atoms with Crippen LogP contribution in [0.25, 0.3) is 0 Å². The van der Waals surface area contributed by atoms with Crippen molar-refractivity contribution in [2.24, 2.45) is 0 Å². The number of hydrogen-bond donors (Lipinski definition) is 2. The molecule has 0 unspecified atom stereocenters. The maximum atomic E-state index is 12.2. The zero-order valence-corrected chi connectivity index (χ0v) is 11.7. The summed E-state index contributed by atoms with van der Waals surface area (Å²) >= 11 is 0. The van der Waals surface area contributed by atoms with E-state index in [4.69, 9.17) is 0 Å². The fourth-order valence-electron chi connectivity index (χ4n) is 1.59. The Kier molecular flexibility index (Phi) is 4.85. The zero-order chi connectivity index (χ0) is 18.0. The fourth-order valence-corrected chi connectivity index (χ4v) is 1.59. The Morgan fingerprint density at radius 2 is 1.92 bits per heavy atom. The van der Waals surface area contributed by atoms with E-state index in [9.17, 15) is 31.1 Å². The highest BCUT2D eigenvalue weighted by molar-refractivity contribution is 5.76. The summed E-state index contributed by atoms with van der Waals surface area (Å²) in [4.78, 5) is 18.6. The van der Waals surface area contributed by atoms with E-state index in [1.807, 2.05) is 0 Å². The van der Waals surface area contributed by atoms with Gasteiger partial charge >= 0.3 is 18.4 Å². The molecule has 6 nitrogen and oxygen atoms in total. The number of aromatic nitrogens is 2. The maximum absolute atomic E-state index is 12.2. The van der Waals surface area contributed by atoms with Crippen molar-refractivity contribution in [1.82, 2.24) is 20.6 Å². The summed E-state index contributed by atoms with van der Waals surface area (Å²) < 4.78 is 77.2. The highest BCUT2D eigenvalue weighted by Crippen LogP contribution is 2.37. The number of amides is 2. The minimum Gasteiger partial charge on any atom is -0.468 e. The van der Waals surface area contributed by atoms with Gasteiger partial charge in [0.2, 0.25) is 5.88 Å². The van der Waals surface area contributed by atoms with Crippen LogP contribution in [-0.4, -0.2) is 41.0 Å². The summed E-state index contributed by atoms with van der Waals surface area (Å²) in [5.74, 6) is -0.345. The van der Waals surface area contributed by atoms with Crippen molar-refractivity contribution in [3.05, 3.63) is 29.7 Å². The molecule has 0 aromatic carbocycles. The van der Waals surface area contributed by atoms with Crippen LogP contribution >= 0.6 is 0 Å². The highest BCUT2D eigenvalue weighted by atomic mass is 19.4. The van der Waals surface area contributed by atoms with E-state index in [2.05, 4.69) is 25.3 Å². The number of urea groups is 1. The Morgan fingerprint density at radius 1 is 1.21 bits per heavy atom. The van der Waals surface area contributed by atoms with Gasteiger partial charge in [0.25, 0.3) is 0 Å². The SMILES string of the molecule is O=C(NCc1cc(OCC(F)(F)F)ncn1)N[C@@H]1C=C1C(F)(F)F. The van der Waals surface area contributed by atoms with Gasteiger partial charge < -0.3 is 15.4 Å². The third-order valence-electron chi connectivity index (χ3n) is 2.70. The molecule has 0 saturated heterocycles. The highest BCUT2D eigenvalue weighted by Gasteiger charge is 2.46. The number of nitrogens with one attached hydrogen (secondary N) is 2. The molecule has 0 radical (unpaired) electrons. The first kappa shape index (κ1) is 17.8. The number of carbonyl (C=O) groups is 1. The van der Waals surface area contributed by atoms with Gasteiger partial charge in [0.1, 0.15) is 6.33 Å². The van der Waals surface area contributed by atoms with E-state index >= 15 is 0 Å². The lowest BCUT2D eigenvalue weighted by Crippen LogP contribution is -2.38. The van der Waals surface area contributed by atoms with Gasteiger partial charge in [-0.3, -0.25) is 0 Å². The summed E-state index contributed by atoms with van der Waals surface area (Å²) in [5.41, 5.74) is -0.723. The summed E-state index contributed by atoms with van der Waals surface area (Å²) in [6, 6.07) is -0.990. The Hall–Kier alpha value is -2.53. The molecule has 1 aromatic heterocycles. The van der Waals surface area contributed by atoms with Gasteiger partial charge in [0.05, 0.1) is 23.9 Å². The number of halogens is 6. The van der Waals surface area contributed by atoms with Crippen LogP contribution in [0.3, 0.4) is 0 Å². The second-order valence-corrected chi connectivity index (χ2v) is 4.68. The molecule has 24 heavy (non-hydrogen) atoms. The molecule has 0 aliphatic heterocycles. The fraction of sp³-hybridized carbons (Fsp3) is 0.417. The lowest BCUT2D eigenvalue weighted by Gasteiger charge is -2.10. The normalized spacial score (nSPS) is 17.1. The van der Waals surface area contributed by atoms with E-state index in [0.29, 0.717) is 0 Å². The first-order chi connectivity index (χ1) is 11.0. The average molecular weight is 356 g/mol. The predicted octanol–water partition coefficient (Wildman–Crippen LogP) is 2.09. The van der Waals surface area contributed by atoms with Gasteiger partial charge in [0, 0.05) is 6.07 Å². The molecule has 1 aliphatic rings. The number of carbonyl (C=O) groups excluding carboxylic acids is 1. The second kappa shape index (κ2) is 6.53. The Bertz CT molecular complexity index is 643. The van der Waals surface area contributed by atoms with Crippen LogP contribution in [0.15, 0.2) is 24.0 Å². The van der Waals surface area contributed by atoms with E-state index in [1.54, 1.807) is 0 Å². The van der Waals surface area contributed by atoms with Crippen molar-refractivity contribution in [1.29, 1.82) is 0 Å². The van der Waals surface area contributed by atoms with Crippen molar-refractivity contribution in [2.45, 2.75) is 24.9 Å². The molecule has 12 heteroatoms. The Labute approximate surface area is 130 Å². The molecule has 1 aromatic rings. The van der Waals surface area contributed by atoms with Crippen LogP contribution in [0.5, 0.6) is 5.88 Å². The summed E-state index contributed by atoms with van der Waals surface area (Å²) in [5, 5.41) is 4.28. The minimum atomic E-state index is -4.53. The molecule has 1 aliphatic carbocycles. The average Bonchev–Trinajstić information content (AvgIpc) is 3.22. The molecule has 0 fully saturated rings. The van der Waals surface area contributed by atoms with Gasteiger partial charge in [-0.05, 0) is 6.08 Å². The van der Waals surface area contributed by atoms with Gasteiger partial charge in [0.15, 0.2) is 6.61 Å². The topological polar surface area (TPSA) is 76.1 Å². The summed E-state index contributed by atoms with van der Waals surface area (Å²) in [6.07, 6.45) is -7.25. The van der Waals surface area contributed by atoms with Gasteiger partial charge in [-0.25, -0.2) is 14.8 Å². The monoisotopic (exact) mass is 356 g/mol. The molecular formula is C12H10F6N4O2. The van der Waals surface area contributed by atoms with Crippen molar-refractivity contribution < 1.29 is 35.9 Å². The smallest absolute Gasteiger partial charge is 0.422 e. The minimum absolute atomic E-state index is 0.122. The number of rotatable bonds is 5. The van der Waals surface area contributed by atoms with Gasteiger partial charge in [-0.15, -0.1) is 0 Å². The van der Waals surface area contributed by atoms with E-state index in [0.717, 1.165) is 18.5 Å². The molecule has 132 valence electrons. The number of hydrogen-bond acceptors (Lipinski definition) is 4. The molecule has 1 heterocycles. The second-order valence-electron chi connectivity index (χ2n) is 4.68. The van der Waals surface area contributed by atoms with Crippen LogP contribution in [0, 0.1) is 0 Å². The zero-order valence-electron chi connectivity index (χ0n) is 11.7. The van der Waals surface area contributed by atoms with Crippen LogP contribution in [-0.2, 0) is 6.54 Å². The molecule has 0 spiro atoms. The molecule has 2 N–H and O–H groups in total. The molecule has 2 amide bonds. The van der Waals surface area contributed by atoms with Gasteiger partial charge in [-0.1, -0.05) is 0 Å². The quantitative estimate of drug-likeness (QED) is 0.626. The molecule has 2 rings (SSSR count). The standard InChI is InChI=1S/C12H10F6N4O2/c13-11(14,15)4-24-9-1-6(20-5-21-9)3-19-10(23)22-8-2-7(8)12(16,17)18/h1-2,5,8H,3-4H2,(H2,19,22,23)/t8-/m1/s1. The number of alkyl halides is 6. The maximum Gasteiger partial charge on any atom is 0.422 e. The number of nitrogens with zero attached hydrogens (tertiary/aromatic N) is 2. The van der Waals surface area contributed by atoms with Crippen LogP contribution in [0.2, 0.25) is 0 Å². The van der Waals surface area contributed by atoms with Crippen LogP contribution in [0.1, 0.15) is 5.69 Å². The first-order valence-corrected chi connectivity index (χ1v) is 6.38. The molecule has 1 atom stereocenters. The number of ether oxygens (including phenoxy) is 1. The third-order valence-corrected chi connectivity index (χ3v) is 2.70. The predicted molar refractivity (Wildman–Crippen MR) is 66.9 cm³/mol. The lowest BCUT2D eigenvalue weighted by molar-refractivity contribution is -0.154. The Balaban J connectivity index is 1.77. The van der Waals surface area contributed by atoms with Crippen molar-refractivity contribution >= 4 is 6.03 Å². The molecular weight excluding hydrogens is 346 g/mol. The summed E-state index contributed by atoms with van der Waals surface area (Å²) in [7, 11) is 0.